The number of aliphatic hydroxyl groups is 10. The average molecular weight is 584 g/mol. The summed E-state index contributed by atoms with van der Waals surface area (Å²) in [6.07, 6.45) is -27.4. The number of phosphoric acid groups is 1. The van der Waals surface area contributed by atoms with Gasteiger partial charge in [0.25, 0.3) is 0 Å². The van der Waals surface area contributed by atoms with E-state index in [1.807, 2.05) is 0 Å². The Morgan fingerprint density at radius 1 is 0.579 bits per heavy atom. The maximum absolute atomic E-state index is 11.0. The lowest BCUT2D eigenvalue weighted by molar-refractivity contribution is -0.379. The summed E-state index contributed by atoms with van der Waals surface area (Å²) in [5.74, 6) is 0. The van der Waals surface area contributed by atoms with Crippen LogP contribution in [0.25, 0.3) is 0 Å². The van der Waals surface area contributed by atoms with Crippen LogP contribution < -0.4 is 0 Å². The molecule has 0 aromatic carbocycles. The SMILES string of the molecule is O=P(O)(O)OCC1OC(OC2C(O)C(CO)OC(OC3C(O)C(O)OC(CO)C3O)C2O)C(O)C(O)C1O. The van der Waals surface area contributed by atoms with Gasteiger partial charge in [0.05, 0.1) is 19.8 Å². The summed E-state index contributed by atoms with van der Waals surface area (Å²) in [6, 6.07) is 0. The van der Waals surface area contributed by atoms with E-state index in [1.165, 1.54) is 0 Å². The van der Waals surface area contributed by atoms with E-state index in [9.17, 15) is 55.6 Å². The van der Waals surface area contributed by atoms with Gasteiger partial charge in [0.15, 0.2) is 18.9 Å². The number of hydrogen-bond donors (Lipinski definition) is 12. The third-order valence-electron chi connectivity index (χ3n) is 6.32. The lowest BCUT2D eigenvalue weighted by atomic mass is 9.96. The van der Waals surface area contributed by atoms with Crippen molar-refractivity contribution >= 4 is 7.82 Å². The van der Waals surface area contributed by atoms with Crippen molar-refractivity contribution in [2.45, 2.75) is 92.1 Å². The number of rotatable bonds is 9. The van der Waals surface area contributed by atoms with Gasteiger partial charge in [-0.1, -0.05) is 0 Å². The topological polar surface area (TPSA) is 315 Å². The third-order valence-corrected chi connectivity index (χ3v) is 6.81. The molecule has 19 nitrogen and oxygen atoms in total. The van der Waals surface area contributed by atoms with E-state index in [0.717, 1.165) is 0 Å². The van der Waals surface area contributed by atoms with Crippen LogP contribution >= 0.6 is 7.82 Å². The molecule has 3 rings (SSSR count). The van der Waals surface area contributed by atoms with Crippen LogP contribution in [-0.4, -0.2) is 173 Å². The van der Waals surface area contributed by atoms with Gasteiger partial charge >= 0.3 is 7.82 Å². The third kappa shape index (κ3) is 7.04. The normalized spacial score (nSPS) is 48.7. The van der Waals surface area contributed by atoms with Crippen molar-refractivity contribution in [2.75, 3.05) is 19.8 Å². The Morgan fingerprint density at radius 3 is 1.58 bits per heavy atom. The minimum atomic E-state index is -5.03. The first-order valence-corrected chi connectivity index (χ1v) is 12.9. The molecule has 15 atom stereocenters. The molecular formula is C18H33O19P. The fourth-order valence-electron chi connectivity index (χ4n) is 4.20. The fraction of sp³-hybridized carbons (Fsp3) is 1.00. The Balaban J connectivity index is 1.78. The smallest absolute Gasteiger partial charge is 0.394 e. The van der Waals surface area contributed by atoms with Crippen LogP contribution in [0.4, 0.5) is 0 Å². The van der Waals surface area contributed by atoms with Gasteiger partial charge in [-0.3, -0.25) is 4.52 Å². The second-order valence-electron chi connectivity index (χ2n) is 8.94. The minimum absolute atomic E-state index is 0.791. The van der Waals surface area contributed by atoms with Crippen molar-refractivity contribution in [2.24, 2.45) is 0 Å². The quantitative estimate of drug-likeness (QED) is 0.112. The molecule has 0 saturated carbocycles. The van der Waals surface area contributed by atoms with Crippen LogP contribution in [0.3, 0.4) is 0 Å². The molecule has 224 valence electrons. The van der Waals surface area contributed by atoms with Gasteiger partial charge in [-0.25, -0.2) is 4.57 Å². The zero-order valence-corrected chi connectivity index (χ0v) is 20.3. The number of aliphatic hydroxyl groups excluding tert-OH is 10. The molecule has 0 aliphatic carbocycles. The summed E-state index contributed by atoms with van der Waals surface area (Å²) in [7, 11) is -5.03. The highest BCUT2D eigenvalue weighted by Crippen LogP contribution is 2.37. The lowest BCUT2D eigenvalue weighted by Gasteiger charge is -2.47. The number of hydrogen-bond acceptors (Lipinski definition) is 17. The first-order chi connectivity index (χ1) is 17.7. The number of ether oxygens (including phenoxy) is 5. The Morgan fingerprint density at radius 2 is 1.05 bits per heavy atom. The predicted octanol–water partition coefficient (Wildman–Crippen LogP) is -7.46. The fourth-order valence-corrected chi connectivity index (χ4v) is 4.54. The van der Waals surface area contributed by atoms with Crippen molar-refractivity contribution in [3.8, 4) is 0 Å². The molecule has 0 aromatic heterocycles. The van der Waals surface area contributed by atoms with Crippen molar-refractivity contribution in [1.29, 1.82) is 0 Å². The maximum Gasteiger partial charge on any atom is 0.469 e. The summed E-state index contributed by atoms with van der Waals surface area (Å²) in [4.78, 5) is 17.7. The highest BCUT2D eigenvalue weighted by atomic mass is 31.2. The zero-order valence-electron chi connectivity index (χ0n) is 19.5. The first-order valence-electron chi connectivity index (χ1n) is 11.3. The van der Waals surface area contributed by atoms with Crippen LogP contribution in [0.2, 0.25) is 0 Å². The second kappa shape index (κ2) is 13.0. The average Bonchev–Trinajstić information content (AvgIpc) is 2.86. The van der Waals surface area contributed by atoms with Gasteiger partial charge in [0.2, 0.25) is 0 Å². The Bertz CT molecular complexity index is 800. The molecule has 3 aliphatic heterocycles. The van der Waals surface area contributed by atoms with Gasteiger partial charge in [0.1, 0.15) is 73.2 Å². The van der Waals surface area contributed by atoms with Gasteiger partial charge in [-0.05, 0) is 0 Å². The lowest BCUT2D eigenvalue weighted by Crippen LogP contribution is -2.66. The molecule has 0 bridgehead atoms. The van der Waals surface area contributed by atoms with E-state index in [0.29, 0.717) is 0 Å². The standard InChI is InChI=1S/C18H33O19P/c19-1-4-8(22)14(12(26)16(28)33-4)36-18-13(27)15(9(23)5(2-20)34-18)37-17-11(25)10(24)7(21)6(35-17)3-32-38(29,30)31/h4-28H,1-3H2,(H2,29,30,31). The largest absolute Gasteiger partial charge is 0.469 e. The van der Waals surface area contributed by atoms with Gasteiger partial charge in [-0.2, -0.15) is 0 Å². The monoisotopic (exact) mass is 584 g/mol. The van der Waals surface area contributed by atoms with Gasteiger partial charge in [0, 0.05) is 0 Å². The Labute approximate surface area is 214 Å². The second-order valence-corrected chi connectivity index (χ2v) is 10.2. The van der Waals surface area contributed by atoms with E-state index >= 15 is 0 Å². The van der Waals surface area contributed by atoms with E-state index in [4.69, 9.17) is 33.5 Å². The molecule has 3 saturated heterocycles. The maximum atomic E-state index is 11.0. The summed E-state index contributed by atoms with van der Waals surface area (Å²) >= 11 is 0. The van der Waals surface area contributed by atoms with E-state index in [1.54, 1.807) is 0 Å². The van der Waals surface area contributed by atoms with Crippen molar-refractivity contribution < 1.29 is 93.6 Å². The van der Waals surface area contributed by atoms with Crippen molar-refractivity contribution in [3.63, 3.8) is 0 Å². The summed E-state index contributed by atoms with van der Waals surface area (Å²) in [6.45, 7) is -2.64. The first kappa shape index (κ1) is 32.0. The summed E-state index contributed by atoms with van der Waals surface area (Å²) < 4.78 is 41.4. The van der Waals surface area contributed by atoms with E-state index in [-0.39, 0.29) is 0 Å². The summed E-state index contributed by atoms with van der Waals surface area (Å²) in [5.41, 5.74) is 0. The van der Waals surface area contributed by atoms with E-state index < -0.39 is 120 Å². The highest BCUT2D eigenvalue weighted by Gasteiger charge is 2.53. The van der Waals surface area contributed by atoms with Crippen LogP contribution in [0, 0.1) is 0 Å². The Kier molecular flexibility index (Phi) is 11.0. The Hall–Kier alpha value is -0.490. The molecule has 0 amide bonds. The molecule has 12 N–H and O–H groups in total. The molecule has 0 spiro atoms. The van der Waals surface area contributed by atoms with Crippen LogP contribution in [-0.2, 0) is 32.8 Å². The van der Waals surface area contributed by atoms with Crippen LogP contribution in [0.1, 0.15) is 0 Å². The molecule has 0 radical (unpaired) electrons. The molecule has 3 heterocycles. The van der Waals surface area contributed by atoms with Crippen LogP contribution in [0.15, 0.2) is 0 Å². The van der Waals surface area contributed by atoms with E-state index in [2.05, 4.69) is 4.52 Å². The van der Waals surface area contributed by atoms with Crippen molar-refractivity contribution in [3.05, 3.63) is 0 Å². The van der Waals surface area contributed by atoms with Gasteiger partial charge < -0.3 is 84.5 Å². The number of phosphoric ester groups is 1. The predicted molar refractivity (Wildman–Crippen MR) is 112 cm³/mol. The minimum Gasteiger partial charge on any atom is -0.394 e. The summed E-state index contributed by atoms with van der Waals surface area (Å²) in [5, 5.41) is 101. The zero-order chi connectivity index (χ0) is 28.5. The molecular weight excluding hydrogens is 551 g/mol. The molecule has 3 fully saturated rings. The van der Waals surface area contributed by atoms with Crippen molar-refractivity contribution in [1.82, 2.24) is 0 Å². The van der Waals surface area contributed by atoms with Gasteiger partial charge in [-0.15, -0.1) is 0 Å². The molecule has 3 aliphatic rings. The molecule has 0 aromatic rings. The highest BCUT2D eigenvalue weighted by molar-refractivity contribution is 7.46. The van der Waals surface area contributed by atoms with Crippen LogP contribution in [0.5, 0.6) is 0 Å². The molecule has 20 heteroatoms. The molecule has 15 unspecified atom stereocenters. The molecule has 38 heavy (non-hydrogen) atoms.